The maximum atomic E-state index is 12.5. The van der Waals surface area contributed by atoms with Gasteiger partial charge in [-0.2, -0.15) is 0 Å². The molecular formula is C17H19N3O2. The Kier molecular flexibility index (Phi) is 4.04. The van der Waals surface area contributed by atoms with Gasteiger partial charge in [-0.25, -0.2) is 0 Å². The molecule has 0 saturated carbocycles. The summed E-state index contributed by atoms with van der Waals surface area (Å²) in [6, 6.07) is 9.58. The number of likely N-dealkylation sites (tertiary alicyclic amines) is 1. The van der Waals surface area contributed by atoms with Crippen molar-refractivity contribution >= 4 is 28.4 Å². The summed E-state index contributed by atoms with van der Waals surface area (Å²) < 4.78 is 0. The number of carbonyl (C=O) groups excluding carboxylic acids is 2. The van der Waals surface area contributed by atoms with Gasteiger partial charge in [-0.15, -0.1) is 0 Å². The van der Waals surface area contributed by atoms with Crippen molar-refractivity contribution in [2.24, 2.45) is 5.92 Å². The molecule has 1 fully saturated rings. The molecule has 0 radical (unpaired) electrons. The van der Waals surface area contributed by atoms with Gasteiger partial charge in [0, 0.05) is 31.6 Å². The first-order chi connectivity index (χ1) is 10.6. The van der Waals surface area contributed by atoms with Gasteiger partial charge >= 0.3 is 0 Å². The second kappa shape index (κ2) is 6.13. The van der Waals surface area contributed by atoms with E-state index in [1.165, 1.54) is 0 Å². The Hall–Kier alpha value is -2.43. The molecule has 1 aromatic heterocycles. The lowest BCUT2D eigenvalue weighted by atomic mass is 9.97. The number of aromatic nitrogens is 1. The number of hydrogen-bond donors (Lipinski definition) is 1. The fraction of sp³-hybridized carbons (Fsp3) is 0.353. The number of fused-ring (bicyclic) bond motifs is 1. The van der Waals surface area contributed by atoms with E-state index in [0.717, 1.165) is 36.0 Å². The summed E-state index contributed by atoms with van der Waals surface area (Å²) in [7, 11) is 0. The highest BCUT2D eigenvalue weighted by Gasteiger charge is 2.27. The Morgan fingerprint density at radius 1 is 1.27 bits per heavy atom. The van der Waals surface area contributed by atoms with Gasteiger partial charge in [0.15, 0.2) is 0 Å². The Bertz CT molecular complexity index is 709. The summed E-state index contributed by atoms with van der Waals surface area (Å²) in [6.07, 6.45) is 3.40. The molecular weight excluding hydrogens is 278 g/mol. The number of nitrogens with zero attached hydrogens (tertiary/aromatic N) is 2. The largest absolute Gasteiger partial charge is 0.342 e. The molecule has 1 aliphatic heterocycles. The predicted octanol–water partition coefficient (Wildman–Crippen LogP) is 2.43. The lowest BCUT2D eigenvalue weighted by molar-refractivity contribution is -0.132. The molecule has 2 heterocycles. The minimum atomic E-state index is -0.156. The highest BCUT2D eigenvalue weighted by molar-refractivity contribution is 6.01. The zero-order chi connectivity index (χ0) is 15.5. The lowest BCUT2D eigenvalue weighted by Gasteiger charge is -2.31. The van der Waals surface area contributed by atoms with Crippen molar-refractivity contribution in [3.63, 3.8) is 0 Å². The van der Waals surface area contributed by atoms with Gasteiger partial charge in [0.2, 0.25) is 11.8 Å². The van der Waals surface area contributed by atoms with Crippen LogP contribution in [0.1, 0.15) is 19.8 Å². The van der Waals surface area contributed by atoms with Gasteiger partial charge in [-0.1, -0.05) is 18.2 Å². The molecule has 1 aliphatic rings. The highest BCUT2D eigenvalue weighted by atomic mass is 16.2. The molecule has 3 rings (SSSR count). The lowest BCUT2D eigenvalue weighted by Crippen LogP contribution is -2.42. The molecule has 22 heavy (non-hydrogen) atoms. The normalized spacial score (nSPS) is 18.2. The second-order valence-electron chi connectivity index (χ2n) is 5.67. The van der Waals surface area contributed by atoms with Gasteiger partial charge < -0.3 is 10.2 Å². The number of hydrogen-bond acceptors (Lipinski definition) is 3. The summed E-state index contributed by atoms with van der Waals surface area (Å²) >= 11 is 0. The van der Waals surface area contributed by atoms with E-state index in [1.807, 2.05) is 30.3 Å². The van der Waals surface area contributed by atoms with Crippen LogP contribution in [0.5, 0.6) is 0 Å². The molecule has 114 valence electrons. The molecule has 5 nitrogen and oxygen atoms in total. The monoisotopic (exact) mass is 297 g/mol. The van der Waals surface area contributed by atoms with Crippen LogP contribution in [-0.2, 0) is 9.59 Å². The molecule has 1 atom stereocenters. The summed E-state index contributed by atoms with van der Waals surface area (Å²) in [5, 5.41) is 3.97. The SMILES string of the molecule is CC(=O)N1CCC[C@@H](C(=O)Nc2cccc3cccnc23)C1. The topological polar surface area (TPSA) is 62.3 Å². The first-order valence-corrected chi connectivity index (χ1v) is 7.55. The molecule has 0 bridgehead atoms. The fourth-order valence-corrected chi connectivity index (χ4v) is 2.92. The Morgan fingerprint density at radius 2 is 2.09 bits per heavy atom. The number of para-hydroxylation sites is 1. The number of rotatable bonds is 2. The number of pyridine rings is 1. The maximum Gasteiger partial charge on any atom is 0.229 e. The molecule has 1 saturated heterocycles. The molecule has 2 aromatic rings. The van der Waals surface area contributed by atoms with Crippen LogP contribution >= 0.6 is 0 Å². The van der Waals surface area contributed by atoms with Gasteiger partial charge in [-0.05, 0) is 25.0 Å². The van der Waals surface area contributed by atoms with Crippen molar-refractivity contribution in [1.29, 1.82) is 0 Å². The van der Waals surface area contributed by atoms with E-state index in [0.29, 0.717) is 6.54 Å². The van der Waals surface area contributed by atoms with Crippen LogP contribution in [0, 0.1) is 5.92 Å². The smallest absolute Gasteiger partial charge is 0.229 e. The standard InChI is InChI=1S/C17H19N3O2/c1-12(21)20-10-4-7-14(11-20)17(22)19-15-8-2-5-13-6-3-9-18-16(13)15/h2-3,5-6,8-9,14H,4,7,10-11H2,1H3,(H,19,22)/t14-/m1/s1. The number of piperidine rings is 1. The second-order valence-corrected chi connectivity index (χ2v) is 5.67. The molecule has 2 amide bonds. The number of nitrogens with one attached hydrogen (secondary N) is 1. The predicted molar refractivity (Wildman–Crippen MR) is 85.4 cm³/mol. The van der Waals surface area contributed by atoms with E-state index in [-0.39, 0.29) is 17.7 Å². The average Bonchev–Trinajstić information content (AvgIpc) is 2.55. The van der Waals surface area contributed by atoms with Crippen molar-refractivity contribution in [2.75, 3.05) is 18.4 Å². The molecule has 0 aliphatic carbocycles. The zero-order valence-electron chi connectivity index (χ0n) is 12.6. The first-order valence-electron chi connectivity index (χ1n) is 7.55. The van der Waals surface area contributed by atoms with Crippen molar-refractivity contribution < 1.29 is 9.59 Å². The van der Waals surface area contributed by atoms with Crippen LogP contribution in [0.4, 0.5) is 5.69 Å². The minimum absolute atomic E-state index is 0.0318. The highest BCUT2D eigenvalue weighted by Crippen LogP contribution is 2.23. The van der Waals surface area contributed by atoms with Crippen molar-refractivity contribution in [3.05, 3.63) is 36.5 Å². The Balaban J connectivity index is 1.77. The summed E-state index contributed by atoms with van der Waals surface area (Å²) in [5.41, 5.74) is 1.51. The van der Waals surface area contributed by atoms with Crippen molar-refractivity contribution in [3.8, 4) is 0 Å². The quantitative estimate of drug-likeness (QED) is 0.926. The van der Waals surface area contributed by atoms with Crippen LogP contribution in [0.25, 0.3) is 10.9 Å². The Morgan fingerprint density at radius 3 is 2.91 bits per heavy atom. The Labute approximate surface area is 129 Å². The van der Waals surface area contributed by atoms with E-state index >= 15 is 0 Å². The summed E-state index contributed by atoms with van der Waals surface area (Å²) in [6.45, 7) is 2.79. The summed E-state index contributed by atoms with van der Waals surface area (Å²) in [5.74, 6) is -0.162. The molecule has 0 spiro atoms. The van der Waals surface area contributed by atoms with Crippen LogP contribution in [0.3, 0.4) is 0 Å². The van der Waals surface area contributed by atoms with E-state index in [9.17, 15) is 9.59 Å². The summed E-state index contributed by atoms with van der Waals surface area (Å²) in [4.78, 5) is 30.1. The van der Waals surface area contributed by atoms with E-state index in [1.54, 1.807) is 18.0 Å². The first kappa shape index (κ1) is 14.5. The van der Waals surface area contributed by atoms with Gasteiger partial charge in [0.25, 0.3) is 0 Å². The third-order valence-electron chi connectivity index (χ3n) is 4.13. The van der Waals surface area contributed by atoms with Crippen LogP contribution in [0.15, 0.2) is 36.5 Å². The average molecular weight is 297 g/mol. The van der Waals surface area contributed by atoms with Crippen LogP contribution in [-0.4, -0.2) is 34.8 Å². The van der Waals surface area contributed by atoms with Crippen molar-refractivity contribution in [1.82, 2.24) is 9.88 Å². The molecule has 1 N–H and O–H groups in total. The molecule has 0 unspecified atom stereocenters. The zero-order valence-corrected chi connectivity index (χ0v) is 12.6. The van der Waals surface area contributed by atoms with Crippen LogP contribution in [0.2, 0.25) is 0 Å². The number of carbonyl (C=O) groups is 2. The van der Waals surface area contributed by atoms with Gasteiger partial charge in [-0.3, -0.25) is 14.6 Å². The number of benzene rings is 1. The van der Waals surface area contributed by atoms with Crippen LogP contribution < -0.4 is 5.32 Å². The minimum Gasteiger partial charge on any atom is -0.342 e. The van der Waals surface area contributed by atoms with Crippen molar-refractivity contribution in [2.45, 2.75) is 19.8 Å². The number of amides is 2. The fourth-order valence-electron chi connectivity index (χ4n) is 2.92. The third-order valence-corrected chi connectivity index (χ3v) is 4.13. The molecule has 5 heteroatoms. The van der Waals surface area contributed by atoms with Gasteiger partial charge in [0.1, 0.15) is 0 Å². The van der Waals surface area contributed by atoms with E-state index in [2.05, 4.69) is 10.3 Å². The van der Waals surface area contributed by atoms with Gasteiger partial charge in [0.05, 0.1) is 17.1 Å². The third kappa shape index (κ3) is 2.93. The maximum absolute atomic E-state index is 12.5. The van der Waals surface area contributed by atoms with E-state index in [4.69, 9.17) is 0 Å². The molecule has 1 aromatic carbocycles. The van der Waals surface area contributed by atoms with E-state index < -0.39 is 0 Å². The number of anilines is 1.